The van der Waals surface area contributed by atoms with Gasteiger partial charge in [-0.25, -0.2) is 0 Å². The molecule has 0 aromatic carbocycles. The molecule has 0 aliphatic rings. The molecule has 3 nitrogen and oxygen atoms in total. The Hall–Kier alpha value is 0.230. The summed E-state index contributed by atoms with van der Waals surface area (Å²) in [4.78, 5) is 3.94. The predicted octanol–water partition coefficient (Wildman–Crippen LogP) is 1.05. The fraction of sp³-hybridized carbons (Fsp3) is 0.250. The van der Waals surface area contributed by atoms with Crippen LogP contribution in [0.25, 0.3) is 0 Å². The standard InChI is InChI=1S/C4H5N2O.Au.BrH/c1-7-4-2-5-3-6-4;;/h2-3H,1H3;;1H/q-1;+2;/p-1. The SMILES string of the molecule is COc1c[n]([Au][Br])cn1. The van der Waals surface area contributed by atoms with Crippen molar-refractivity contribution in [1.82, 2.24) is 7.95 Å². The molecule has 0 bridgehead atoms. The van der Waals surface area contributed by atoms with Gasteiger partial charge in [0.2, 0.25) is 0 Å². The molecule has 0 saturated heterocycles. The molecule has 1 aromatic heterocycles. The number of hydrogen-bond donors (Lipinski definition) is 0. The third-order valence-corrected chi connectivity index (χ3v) is 3.75. The zero-order chi connectivity index (χ0) is 6.69. The predicted molar refractivity (Wildman–Crippen MR) is 33.1 cm³/mol. The molecule has 0 N–H and O–H groups in total. The van der Waals surface area contributed by atoms with Gasteiger partial charge in [0, 0.05) is 0 Å². The summed E-state index contributed by atoms with van der Waals surface area (Å²) in [5, 5.41) is 0. The second-order valence-corrected chi connectivity index (χ2v) is 4.51. The molecule has 0 atom stereocenters. The average Bonchev–Trinajstić information content (AvgIpc) is 2.34. The van der Waals surface area contributed by atoms with Crippen LogP contribution in [0.5, 0.6) is 5.88 Å². The van der Waals surface area contributed by atoms with Gasteiger partial charge in [0.15, 0.2) is 0 Å². The Labute approximate surface area is 69.0 Å². The van der Waals surface area contributed by atoms with E-state index in [1.807, 2.05) is 9.17 Å². The summed E-state index contributed by atoms with van der Waals surface area (Å²) < 4.78 is 6.83. The fourth-order valence-electron chi connectivity index (χ4n) is 0.405. The van der Waals surface area contributed by atoms with E-state index in [0.29, 0.717) is 5.88 Å². The fourth-order valence-corrected chi connectivity index (χ4v) is 1.93. The number of rotatable bonds is 2. The molecule has 1 rings (SSSR count). The van der Waals surface area contributed by atoms with Gasteiger partial charge in [0.05, 0.1) is 0 Å². The summed E-state index contributed by atoms with van der Waals surface area (Å²) in [7, 11) is 1.61. The topological polar surface area (TPSA) is 27.1 Å². The van der Waals surface area contributed by atoms with Gasteiger partial charge < -0.3 is 0 Å². The molecule has 55 valence electrons. The molecule has 1 heterocycles. The average molecular weight is 374 g/mol. The van der Waals surface area contributed by atoms with Gasteiger partial charge in [-0.1, -0.05) is 0 Å². The van der Waals surface area contributed by atoms with E-state index in [1.54, 1.807) is 13.4 Å². The number of halogens is 1. The first-order valence-electron chi connectivity index (χ1n) is 2.15. The minimum absolute atomic E-state index is 0.00861. The van der Waals surface area contributed by atoms with Gasteiger partial charge in [-0.15, -0.1) is 0 Å². The summed E-state index contributed by atoms with van der Waals surface area (Å²) >= 11 is 3.37. The number of ether oxygens (including phenoxy) is 1. The second-order valence-electron chi connectivity index (χ2n) is 1.27. The number of imidazole rings is 1. The Morgan fingerprint density at radius 1 is 1.89 bits per heavy atom. The van der Waals surface area contributed by atoms with Crippen molar-refractivity contribution in [3.05, 3.63) is 12.5 Å². The van der Waals surface area contributed by atoms with Crippen LogP contribution in [0, 0.1) is 0 Å². The Morgan fingerprint density at radius 2 is 2.67 bits per heavy atom. The van der Waals surface area contributed by atoms with E-state index in [1.165, 1.54) is 0 Å². The van der Waals surface area contributed by atoms with Crippen LogP contribution >= 0.6 is 13.0 Å². The maximum absolute atomic E-state index is 4.86. The first kappa shape index (κ1) is 7.34. The zero-order valence-corrected chi connectivity index (χ0v) is 8.39. The van der Waals surface area contributed by atoms with Crippen LogP contribution in [0.15, 0.2) is 12.5 Å². The van der Waals surface area contributed by atoms with Crippen molar-refractivity contribution < 1.29 is 22.6 Å². The van der Waals surface area contributed by atoms with Crippen molar-refractivity contribution in [3.63, 3.8) is 0 Å². The van der Waals surface area contributed by atoms with Crippen LogP contribution < -0.4 is 4.74 Å². The van der Waals surface area contributed by atoms with E-state index in [2.05, 4.69) is 18.0 Å². The third kappa shape index (κ3) is 1.83. The second kappa shape index (κ2) is 3.41. The molecule has 5 heteroatoms. The quantitative estimate of drug-likeness (QED) is 0.724. The third-order valence-electron chi connectivity index (χ3n) is 0.778. The van der Waals surface area contributed by atoms with Crippen LogP contribution in [-0.4, -0.2) is 15.1 Å². The molecular formula is C4H5AuBrN2O. The molecule has 9 heavy (non-hydrogen) atoms. The van der Waals surface area contributed by atoms with Gasteiger partial charge in [-0.2, -0.15) is 0 Å². The molecule has 1 aromatic rings. The van der Waals surface area contributed by atoms with E-state index in [9.17, 15) is 0 Å². The van der Waals surface area contributed by atoms with E-state index in [-0.39, 0.29) is 17.9 Å². The van der Waals surface area contributed by atoms with Gasteiger partial charge in [-0.3, -0.25) is 0 Å². The van der Waals surface area contributed by atoms with Crippen molar-refractivity contribution in [3.8, 4) is 5.88 Å². The van der Waals surface area contributed by atoms with Gasteiger partial charge in [0.1, 0.15) is 0 Å². The molecule has 0 aliphatic heterocycles. The van der Waals surface area contributed by atoms with E-state index < -0.39 is 0 Å². The van der Waals surface area contributed by atoms with Crippen molar-refractivity contribution in [1.29, 1.82) is 0 Å². The molecule has 0 fully saturated rings. The van der Waals surface area contributed by atoms with Gasteiger partial charge in [0.25, 0.3) is 0 Å². The van der Waals surface area contributed by atoms with E-state index in [0.717, 1.165) is 0 Å². The Bertz CT molecular complexity index is 172. The molecule has 0 saturated carbocycles. The van der Waals surface area contributed by atoms with Crippen LogP contribution in [0.4, 0.5) is 0 Å². The van der Waals surface area contributed by atoms with Crippen LogP contribution in [0.1, 0.15) is 0 Å². The van der Waals surface area contributed by atoms with E-state index >= 15 is 0 Å². The Kier molecular flexibility index (Phi) is 2.78. The van der Waals surface area contributed by atoms with Crippen molar-refractivity contribution in [2.24, 2.45) is 0 Å². The summed E-state index contributed by atoms with van der Waals surface area (Å²) in [5.41, 5.74) is 0. The monoisotopic (exact) mass is 373 g/mol. The summed E-state index contributed by atoms with van der Waals surface area (Å²) in [6.07, 6.45) is 3.60. The first-order valence-corrected chi connectivity index (χ1v) is 7.85. The van der Waals surface area contributed by atoms with E-state index in [4.69, 9.17) is 4.74 Å². The van der Waals surface area contributed by atoms with Gasteiger partial charge in [-0.05, 0) is 0 Å². The minimum atomic E-state index is 0.00861. The molecule has 0 radical (unpaired) electrons. The van der Waals surface area contributed by atoms with Crippen LogP contribution in [-0.2, 0) is 17.9 Å². The Morgan fingerprint density at radius 3 is 3.00 bits per heavy atom. The number of hydrogen-bond acceptors (Lipinski definition) is 2. The first-order chi connectivity index (χ1) is 4.36. The molecule has 0 unspecified atom stereocenters. The summed E-state index contributed by atoms with van der Waals surface area (Å²) in [5.74, 6) is 0.672. The number of methoxy groups -OCH3 is 1. The molecule has 0 amide bonds. The summed E-state index contributed by atoms with van der Waals surface area (Å²) in [6, 6.07) is 0. The maximum atomic E-state index is 4.86. The van der Waals surface area contributed by atoms with Crippen molar-refractivity contribution in [2.75, 3.05) is 7.11 Å². The zero-order valence-electron chi connectivity index (χ0n) is 4.64. The normalized spacial score (nSPS) is 10.0. The molecule has 0 aliphatic carbocycles. The van der Waals surface area contributed by atoms with Crippen LogP contribution in [0.2, 0.25) is 0 Å². The number of aromatic nitrogens is 2. The molecule has 0 spiro atoms. The summed E-state index contributed by atoms with van der Waals surface area (Å²) in [6.45, 7) is 0. The van der Waals surface area contributed by atoms with Crippen LogP contribution in [0.3, 0.4) is 0 Å². The van der Waals surface area contributed by atoms with Crippen molar-refractivity contribution in [2.45, 2.75) is 0 Å². The molecular weight excluding hydrogens is 369 g/mol. The van der Waals surface area contributed by atoms with Gasteiger partial charge >= 0.3 is 69.1 Å². The number of nitrogens with zero attached hydrogens (tertiary/aromatic N) is 2. The Balaban J connectivity index is 2.74. The van der Waals surface area contributed by atoms with Crippen molar-refractivity contribution >= 4 is 13.0 Å².